The number of aromatic amines is 1. The van der Waals surface area contributed by atoms with Gasteiger partial charge in [0.05, 0.1) is 17.2 Å². The number of nitrogen functional groups attached to an aromatic ring is 1. The average molecular weight is 389 g/mol. The highest BCUT2D eigenvalue weighted by atomic mass is 32.2. The molecular weight excluding hydrogens is 374 g/mol. The van der Waals surface area contributed by atoms with E-state index in [0.717, 1.165) is 24.6 Å². The molecule has 2 aliphatic rings. The Balaban J connectivity index is 1.51. The first-order valence-corrected chi connectivity index (χ1v) is 9.03. The number of hydrogen-bond acceptors (Lipinski definition) is 9. The molecule has 27 heavy (non-hydrogen) atoms. The summed E-state index contributed by atoms with van der Waals surface area (Å²) in [6.45, 7) is 3.72. The molecule has 0 aromatic carbocycles. The summed E-state index contributed by atoms with van der Waals surface area (Å²) in [6, 6.07) is 1.60. The van der Waals surface area contributed by atoms with E-state index < -0.39 is 17.0 Å². The van der Waals surface area contributed by atoms with Gasteiger partial charge in [-0.15, -0.1) is 5.10 Å². The molecule has 2 aromatic heterocycles. The standard InChI is InChI=1S/C16H15N5O5S/c1-7-9(4-5-25-7)14-19-20-16(26-14)27-6-10(22)11-12(17)21(8-2-3-8)15(24)18-13(11)23/h4-5,8,19H,1-3,6,17H2,(H,18,23,24). The summed E-state index contributed by atoms with van der Waals surface area (Å²) in [5.74, 6) is -0.416. The zero-order valence-electron chi connectivity index (χ0n) is 14.0. The maximum absolute atomic E-state index is 12.5. The van der Waals surface area contributed by atoms with Gasteiger partial charge in [-0.05, 0) is 18.9 Å². The summed E-state index contributed by atoms with van der Waals surface area (Å²) in [5, 5.41) is 4.78. The molecule has 1 aliphatic heterocycles. The number of nitrogens with one attached hydrogen (secondary N) is 2. The number of thioether (sulfide) groups is 1. The summed E-state index contributed by atoms with van der Waals surface area (Å²) in [4.78, 5) is 38.6. The smallest absolute Gasteiger partial charge is 0.330 e. The molecule has 0 bridgehead atoms. The van der Waals surface area contributed by atoms with Crippen LogP contribution in [0.2, 0.25) is 0 Å². The number of carbonyl (C=O) groups is 1. The predicted molar refractivity (Wildman–Crippen MR) is 99.3 cm³/mol. The Morgan fingerprint density at radius 3 is 2.89 bits per heavy atom. The van der Waals surface area contributed by atoms with E-state index in [9.17, 15) is 14.4 Å². The number of ether oxygens (including phenoxy) is 1. The molecule has 0 amide bonds. The van der Waals surface area contributed by atoms with Crippen LogP contribution < -0.4 is 33.0 Å². The van der Waals surface area contributed by atoms with E-state index in [1.807, 2.05) is 0 Å². The lowest BCUT2D eigenvalue weighted by molar-refractivity contribution is 0.102. The van der Waals surface area contributed by atoms with E-state index in [2.05, 4.69) is 22.1 Å². The molecular formula is C16H15N5O5S. The molecule has 1 saturated carbocycles. The van der Waals surface area contributed by atoms with Crippen LogP contribution in [-0.2, 0) is 4.74 Å². The van der Waals surface area contributed by atoms with Gasteiger partial charge in [0.15, 0.2) is 5.78 Å². The SMILES string of the molecule is C=c1occc1=C1NN=C(SCC(=O)c2c(N)n(C3CC3)c(=O)[nH]c2=O)O1. The van der Waals surface area contributed by atoms with Crippen molar-refractivity contribution >= 4 is 41.1 Å². The summed E-state index contributed by atoms with van der Waals surface area (Å²) in [5.41, 5.74) is 7.42. The molecule has 0 saturated heterocycles. The summed E-state index contributed by atoms with van der Waals surface area (Å²) < 4.78 is 11.9. The van der Waals surface area contributed by atoms with Gasteiger partial charge in [0.1, 0.15) is 16.8 Å². The minimum atomic E-state index is -0.792. The highest BCUT2D eigenvalue weighted by molar-refractivity contribution is 8.14. The predicted octanol–water partition coefficient (Wildman–Crippen LogP) is -0.970. The van der Waals surface area contributed by atoms with E-state index >= 15 is 0 Å². The third-order valence-corrected chi connectivity index (χ3v) is 4.96. The van der Waals surface area contributed by atoms with Gasteiger partial charge in [-0.25, -0.2) is 10.2 Å². The van der Waals surface area contributed by atoms with Gasteiger partial charge in [-0.1, -0.05) is 18.3 Å². The molecule has 3 heterocycles. The summed E-state index contributed by atoms with van der Waals surface area (Å²) >= 11 is 0.994. The molecule has 1 fully saturated rings. The molecule has 2 aromatic rings. The number of hydrazone groups is 1. The Bertz CT molecular complexity index is 1190. The van der Waals surface area contributed by atoms with Crippen molar-refractivity contribution in [3.63, 3.8) is 0 Å². The lowest BCUT2D eigenvalue weighted by atomic mass is 10.2. The minimum Gasteiger partial charge on any atom is -0.465 e. The van der Waals surface area contributed by atoms with Gasteiger partial charge in [0.25, 0.3) is 10.8 Å². The van der Waals surface area contributed by atoms with Crippen molar-refractivity contribution in [1.29, 1.82) is 0 Å². The fraction of sp³-hybridized carbons (Fsp3) is 0.250. The summed E-state index contributed by atoms with van der Waals surface area (Å²) in [7, 11) is 0. The van der Waals surface area contributed by atoms with E-state index in [0.29, 0.717) is 16.5 Å². The van der Waals surface area contributed by atoms with Gasteiger partial charge < -0.3 is 14.9 Å². The molecule has 0 spiro atoms. The quantitative estimate of drug-likeness (QED) is 0.567. The molecule has 0 atom stereocenters. The molecule has 140 valence electrons. The number of ketones is 1. The van der Waals surface area contributed by atoms with Crippen molar-refractivity contribution in [3.05, 3.63) is 49.4 Å². The molecule has 11 heteroatoms. The third-order valence-electron chi connectivity index (χ3n) is 4.13. The maximum Gasteiger partial charge on any atom is 0.330 e. The van der Waals surface area contributed by atoms with Gasteiger partial charge in [-0.3, -0.25) is 19.1 Å². The van der Waals surface area contributed by atoms with Crippen molar-refractivity contribution in [2.45, 2.75) is 18.9 Å². The van der Waals surface area contributed by atoms with Crippen LogP contribution in [0.25, 0.3) is 12.5 Å². The van der Waals surface area contributed by atoms with E-state index in [-0.39, 0.29) is 28.4 Å². The number of furan rings is 1. The fourth-order valence-electron chi connectivity index (χ4n) is 2.68. The number of nitrogens with two attached hydrogens (primary N) is 1. The van der Waals surface area contributed by atoms with E-state index in [1.165, 1.54) is 10.8 Å². The fourth-order valence-corrected chi connectivity index (χ4v) is 3.33. The summed E-state index contributed by atoms with van der Waals surface area (Å²) in [6.07, 6.45) is 3.04. The molecule has 0 unspecified atom stereocenters. The first-order chi connectivity index (χ1) is 13.0. The van der Waals surface area contributed by atoms with Crippen LogP contribution in [0.4, 0.5) is 5.82 Å². The van der Waals surface area contributed by atoms with Crippen molar-refractivity contribution in [3.8, 4) is 0 Å². The first kappa shape index (κ1) is 17.2. The van der Waals surface area contributed by atoms with E-state index in [1.54, 1.807) is 6.07 Å². The van der Waals surface area contributed by atoms with Crippen LogP contribution in [-0.4, -0.2) is 26.3 Å². The monoisotopic (exact) mass is 389 g/mol. The van der Waals surface area contributed by atoms with Crippen molar-refractivity contribution in [1.82, 2.24) is 15.0 Å². The second-order valence-corrected chi connectivity index (χ2v) is 6.94. The lowest BCUT2D eigenvalue weighted by Gasteiger charge is -2.10. The number of carbonyl (C=O) groups excluding carboxylic acids is 1. The molecule has 0 radical (unpaired) electrons. The Hall–Kier alpha value is -3.21. The highest BCUT2D eigenvalue weighted by Gasteiger charge is 2.30. The Kier molecular flexibility index (Phi) is 4.15. The first-order valence-electron chi connectivity index (χ1n) is 8.04. The van der Waals surface area contributed by atoms with Crippen LogP contribution in [0, 0.1) is 0 Å². The number of nitrogens with zero attached hydrogens (tertiary/aromatic N) is 2. The number of rotatable bonds is 4. The third kappa shape index (κ3) is 3.16. The maximum atomic E-state index is 12.5. The van der Waals surface area contributed by atoms with E-state index in [4.69, 9.17) is 14.9 Å². The number of hydrogen-bond donors (Lipinski definition) is 3. The van der Waals surface area contributed by atoms with Crippen LogP contribution in [0.5, 0.6) is 0 Å². The number of anilines is 1. The normalized spacial score (nSPS) is 18.0. The Morgan fingerprint density at radius 1 is 1.44 bits per heavy atom. The van der Waals surface area contributed by atoms with Crippen molar-refractivity contribution in [2.75, 3.05) is 11.5 Å². The van der Waals surface area contributed by atoms with Crippen molar-refractivity contribution < 1.29 is 13.9 Å². The molecule has 4 N–H and O–H groups in total. The molecule has 1 aliphatic carbocycles. The van der Waals surface area contributed by atoms with Crippen LogP contribution >= 0.6 is 11.8 Å². The average Bonchev–Trinajstić information content (AvgIpc) is 3.16. The van der Waals surface area contributed by atoms with Gasteiger partial charge >= 0.3 is 5.69 Å². The second kappa shape index (κ2) is 6.50. The number of H-pyrrole nitrogens is 1. The number of aromatic nitrogens is 2. The Labute approximate surface area is 155 Å². The Morgan fingerprint density at radius 2 is 2.22 bits per heavy atom. The van der Waals surface area contributed by atoms with Crippen LogP contribution in [0.15, 0.2) is 31.4 Å². The second-order valence-electron chi connectivity index (χ2n) is 6.01. The molecule has 4 rings (SSSR count). The zero-order chi connectivity index (χ0) is 19.1. The lowest BCUT2D eigenvalue weighted by Crippen LogP contribution is -2.36. The largest absolute Gasteiger partial charge is 0.465 e. The number of Topliss-reactive ketones (excluding diaryl/α,β-unsaturated/α-hetero) is 1. The van der Waals surface area contributed by atoms with Crippen molar-refractivity contribution in [2.24, 2.45) is 5.10 Å². The van der Waals surface area contributed by atoms with Crippen LogP contribution in [0.1, 0.15) is 29.2 Å². The van der Waals surface area contributed by atoms with Gasteiger partial charge in [0.2, 0.25) is 5.88 Å². The molecule has 10 nitrogen and oxygen atoms in total. The van der Waals surface area contributed by atoms with Gasteiger partial charge in [0, 0.05) is 6.04 Å². The topological polar surface area (TPSA) is 145 Å². The van der Waals surface area contributed by atoms with Crippen LogP contribution in [0.3, 0.4) is 0 Å². The minimum absolute atomic E-state index is 0.0655. The highest BCUT2D eigenvalue weighted by Crippen LogP contribution is 2.35. The van der Waals surface area contributed by atoms with Gasteiger partial charge in [-0.2, -0.15) is 0 Å². The zero-order valence-corrected chi connectivity index (χ0v) is 14.8.